The van der Waals surface area contributed by atoms with Gasteiger partial charge in [-0.05, 0) is 26.2 Å². The number of hydrogen-bond donors (Lipinski definition) is 4. The summed E-state index contributed by atoms with van der Waals surface area (Å²) in [5.41, 5.74) is 0.498. The second-order valence-electron chi connectivity index (χ2n) is 6.63. The van der Waals surface area contributed by atoms with Crippen molar-refractivity contribution in [1.82, 2.24) is 15.5 Å². The molecular formula is C18H27N3O5. The van der Waals surface area contributed by atoms with Crippen molar-refractivity contribution in [1.29, 1.82) is 0 Å². The Labute approximate surface area is 153 Å². The van der Waals surface area contributed by atoms with Crippen LogP contribution in [0.4, 0.5) is 0 Å². The molecule has 1 aromatic rings. The van der Waals surface area contributed by atoms with Gasteiger partial charge in [0.1, 0.15) is 18.3 Å². The Balaban J connectivity index is 1.79. The third kappa shape index (κ3) is 5.77. The summed E-state index contributed by atoms with van der Waals surface area (Å²) >= 11 is 0. The van der Waals surface area contributed by atoms with Crippen LogP contribution in [0, 0.1) is 0 Å². The molecular weight excluding hydrogens is 338 g/mol. The molecule has 1 fully saturated rings. The molecule has 26 heavy (non-hydrogen) atoms. The van der Waals surface area contributed by atoms with Crippen LogP contribution in [0.5, 0.6) is 0 Å². The highest BCUT2D eigenvalue weighted by molar-refractivity contribution is 5.94. The molecule has 8 nitrogen and oxygen atoms in total. The van der Waals surface area contributed by atoms with Crippen LogP contribution in [0.15, 0.2) is 30.3 Å². The number of likely N-dealkylation sites (N-methyl/N-ethyl adjacent to an activating group) is 1. The van der Waals surface area contributed by atoms with E-state index in [1.54, 1.807) is 24.3 Å². The van der Waals surface area contributed by atoms with Gasteiger partial charge < -0.3 is 30.5 Å². The van der Waals surface area contributed by atoms with Crippen LogP contribution < -0.4 is 10.6 Å². The fraction of sp³-hybridized carbons (Fsp3) is 0.556. The molecule has 1 aromatic carbocycles. The minimum Gasteiger partial charge on any atom is -0.388 e. The summed E-state index contributed by atoms with van der Waals surface area (Å²) in [6.07, 6.45) is -3.95. The molecule has 2 rings (SSSR count). The zero-order valence-corrected chi connectivity index (χ0v) is 15.1. The zero-order valence-electron chi connectivity index (χ0n) is 15.1. The average molecular weight is 365 g/mol. The third-order valence-electron chi connectivity index (χ3n) is 4.23. The number of carbonyl (C=O) groups excluding carboxylic acids is 2. The maximum absolute atomic E-state index is 12.0. The van der Waals surface area contributed by atoms with Crippen molar-refractivity contribution in [2.24, 2.45) is 0 Å². The number of amides is 2. The van der Waals surface area contributed by atoms with E-state index in [-0.39, 0.29) is 24.8 Å². The van der Waals surface area contributed by atoms with E-state index in [4.69, 9.17) is 4.74 Å². The predicted molar refractivity (Wildman–Crippen MR) is 95.6 cm³/mol. The van der Waals surface area contributed by atoms with Gasteiger partial charge in [0.2, 0.25) is 5.91 Å². The van der Waals surface area contributed by atoms with E-state index in [1.807, 2.05) is 25.1 Å². The first-order valence-corrected chi connectivity index (χ1v) is 8.64. The van der Waals surface area contributed by atoms with E-state index in [0.29, 0.717) is 18.7 Å². The fourth-order valence-electron chi connectivity index (χ4n) is 2.72. The van der Waals surface area contributed by atoms with Crippen molar-refractivity contribution < 1.29 is 24.5 Å². The molecule has 0 unspecified atom stereocenters. The molecule has 0 aromatic heterocycles. The highest BCUT2D eigenvalue weighted by Gasteiger charge is 2.43. The SMILES string of the molecule is CN(C)CCNC(=O)C[C@H]1O[C@H](CNC(=O)c2ccccc2)[C@@H](O)[C@H]1O. The Morgan fingerprint density at radius 2 is 1.73 bits per heavy atom. The number of benzene rings is 1. The first-order chi connectivity index (χ1) is 12.4. The van der Waals surface area contributed by atoms with E-state index in [1.165, 1.54) is 0 Å². The van der Waals surface area contributed by atoms with Crippen molar-refractivity contribution >= 4 is 11.8 Å². The second kappa shape index (κ2) is 9.63. The molecule has 1 aliphatic rings. The normalized spacial score (nSPS) is 25.3. The van der Waals surface area contributed by atoms with Crippen LogP contribution in [0.2, 0.25) is 0 Å². The van der Waals surface area contributed by atoms with Gasteiger partial charge in [-0.15, -0.1) is 0 Å². The van der Waals surface area contributed by atoms with Gasteiger partial charge in [0.25, 0.3) is 5.91 Å². The van der Waals surface area contributed by atoms with E-state index < -0.39 is 24.4 Å². The Hall–Kier alpha value is -2.00. The van der Waals surface area contributed by atoms with Crippen molar-refractivity contribution in [3.63, 3.8) is 0 Å². The highest BCUT2D eigenvalue weighted by atomic mass is 16.5. The summed E-state index contributed by atoms with van der Waals surface area (Å²) in [7, 11) is 3.81. The van der Waals surface area contributed by atoms with Gasteiger partial charge in [0.05, 0.1) is 12.5 Å². The zero-order chi connectivity index (χ0) is 19.1. The number of nitrogens with zero attached hydrogens (tertiary/aromatic N) is 1. The fourth-order valence-corrected chi connectivity index (χ4v) is 2.72. The van der Waals surface area contributed by atoms with Gasteiger partial charge in [0.15, 0.2) is 0 Å². The summed E-state index contributed by atoms with van der Waals surface area (Å²) in [5.74, 6) is -0.544. The lowest BCUT2D eigenvalue weighted by molar-refractivity contribution is -0.125. The molecule has 8 heteroatoms. The number of rotatable bonds is 8. The maximum Gasteiger partial charge on any atom is 0.251 e. The minimum absolute atomic E-state index is 0.0463. The summed E-state index contributed by atoms with van der Waals surface area (Å²) < 4.78 is 5.58. The Morgan fingerprint density at radius 1 is 1.08 bits per heavy atom. The van der Waals surface area contributed by atoms with Gasteiger partial charge in [-0.1, -0.05) is 18.2 Å². The molecule has 0 aliphatic carbocycles. The molecule has 0 bridgehead atoms. The van der Waals surface area contributed by atoms with Gasteiger partial charge >= 0.3 is 0 Å². The molecule has 144 valence electrons. The van der Waals surface area contributed by atoms with E-state index in [2.05, 4.69) is 10.6 Å². The van der Waals surface area contributed by atoms with Gasteiger partial charge in [-0.3, -0.25) is 9.59 Å². The van der Waals surface area contributed by atoms with Gasteiger partial charge in [-0.2, -0.15) is 0 Å². The number of hydrogen-bond acceptors (Lipinski definition) is 6. The van der Waals surface area contributed by atoms with Crippen LogP contribution in [0.1, 0.15) is 16.8 Å². The smallest absolute Gasteiger partial charge is 0.251 e. The Morgan fingerprint density at radius 3 is 2.38 bits per heavy atom. The topological polar surface area (TPSA) is 111 Å². The van der Waals surface area contributed by atoms with Crippen LogP contribution >= 0.6 is 0 Å². The van der Waals surface area contributed by atoms with Crippen molar-refractivity contribution in [3.05, 3.63) is 35.9 Å². The first-order valence-electron chi connectivity index (χ1n) is 8.64. The lowest BCUT2D eigenvalue weighted by atomic mass is 10.1. The lowest BCUT2D eigenvalue weighted by Crippen LogP contribution is -2.40. The molecule has 0 radical (unpaired) electrons. The van der Waals surface area contributed by atoms with E-state index in [9.17, 15) is 19.8 Å². The summed E-state index contributed by atoms with van der Waals surface area (Å²) in [4.78, 5) is 25.9. The summed E-state index contributed by atoms with van der Waals surface area (Å²) in [6, 6.07) is 8.67. The average Bonchev–Trinajstić information content (AvgIpc) is 2.88. The molecule has 2 amide bonds. The van der Waals surface area contributed by atoms with Crippen LogP contribution in [-0.4, -0.2) is 85.1 Å². The standard InChI is InChI=1S/C18H27N3O5/c1-21(2)9-8-19-15(22)10-13-16(23)17(24)14(26-13)11-20-18(25)12-6-4-3-5-7-12/h3-7,13-14,16-17,23-24H,8-11H2,1-2H3,(H,19,22)(H,20,25)/t13-,14-,16+,17-/m1/s1. The molecule has 0 spiro atoms. The van der Waals surface area contributed by atoms with Crippen LogP contribution in [-0.2, 0) is 9.53 Å². The van der Waals surface area contributed by atoms with E-state index in [0.717, 1.165) is 0 Å². The first kappa shape index (κ1) is 20.3. The van der Waals surface area contributed by atoms with E-state index >= 15 is 0 Å². The van der Waals surface area contributed by atoms with Crippen molar-refractivity contribution in [3.8, 4) is 0 Å². The molecule has 1 aliphatic heterocycles. The maximum atomic E-state index is 12.0. The number of aliphatic hydroxyl groups excluding tert-OH is 2. The predicted octanol–water partition coefficient (Wildman–Crippen LogP) is -1.03. The highest BCUT2D eigenvalue weighted by Crippen LogP contribution is 2.23. The quantitative estimate of drug-likeness (QED) is 0.469. The molecule has 1 saturated heterocycles. The Kier molecular flexibility index (Phi) is 7.52. The molecule has 1 heterocycles. The van der Waals surface area contributed by atoms with Crippen molar-refractivity contribution in [2.75, 3.05) is 33.7 Å². The lowest BCUT2D eigenvalue weighted by Gasteiger charge is -2.15. The summed E-state index contributed by atoms with van der Waals surface area (Å²) in [5, 5.41) is 25.6. The number of carbonyl (C=O) groups is 2. The molecule has 4 atom stereocenters. The number of aliphatic hydroxyl groups is 2. The molecule has 4 N–H and O–H groups in total. The summed E-state index contributed by atoms with van der Waals surface area (Å²) in [6.45, 7) is 1.25. The van der Waals surface area contributed by atoms with Crippen molar-refractivity contribution in [2.45, 2.75) is 30.8 Å². The van der Waals surface area contributed by atoms with Gasteiger partial charge in [0, 0.05) is 25.2 Å². The minimum atomic E-state index is -1.17. The third-order valence-corrected chi connectivity index (χ3v) is 4.23. The monoisotopic (exact) mass is 365 g/mol. The Bertz CT molecular complexity index is 596. The molecule has 0 saturated carbocycles. The number of ether oxygens (including phenoxy) is 1. The second-order valence-corrected chi connectivity index (χ2v) is 6.63. The number of nitrogens with one attached hydrogen (secondary N) is 2. The van der Waals surface area contributed by atoms with Crippen LogP contribution in [0.3, 0.4) is 0 Å². The largest absolute Gasteiger partial charge is 0.388 e. The van der Waals surface area contributed by atoms with Gasteiger partial charge in [-0.25, -0.2) is 0 Å². The van der Waals surface area contributed by atoms with Crippen LogP contribution in [0.25, 0.3) is 0 Å².